The second kappa shape index (κ2) is 8.15. The molecule has 0 atom stereocenters. The SMILES string of the molecule is Cc1cc(C)c2sc(N(Cc3ccccc3)C(=O)c3cc(Cl)ccc3Cl)nc2c1. The Morgan fingerprint density at radius 1 is 1.03 bits per heavy atom. The van der Waals surface area contributed by atoms with Gasteiger partial charge in [0.25, 0.3) is 5.91 Å². The minimum Gasteiger partial charge on any atom is -0.279 e. The Morgan fingerprint density at radius 3 is 2.55 bits per heavy atom. The van der Waals surface area contributed by atoms with Crippen LogP contribution in [-0.4, -0.2) is 10.9 Å². The Balaban J connectivity index is 1.83. The molecule has 146 valence electrons. The van der Waals surface area contributed by atoms with E-state index in [0.717, 1.165) is 26.9 Å². The smallest absolute Gasteiger partial charge is 0.261 e. The van der Waals surface area contributed by atoms with Gasteiger partial charge in [-0.2, -0.15) is 0 Å². The Morgan fingerprint density at radius 2 is 1.79 bits per heavy atom. The number of benzene rings is 3. The van der Waals surface area contributed by atoms with Crippen LogP contribution in [0.3, 0.4) is 0 Å². The van der Waals surface area contributed by atoms with Crippen LogP contribution in [0.1, 0.15) is 27.0 Å². The van der Waals surface area contributed by atoms with Crippen molar-refractivity contribution in [2.75, 3.05) is 4.90 Å². The van der Waals surface area contributed by atoms with Crippen molar-refractivity contribution in [2.45, 2.75) is 20.4 Å². The molecule has 0 bridgehead atoms. The summed E-state index contributed by atoms with van der Waals surface area (Å²) in [6.45, 7) is 4.50. The van der Waals surface area contributed by atoms with Crippen LogP contribution in [0.2, 0.25) is 10.0 Å². The predicted octanol–water partition coefficient (Wildman–Crippen LogP) is 7.07. The van der Waals surface area contributed by atoms with Crippen molar-refractivity contribution in [2.24, 2.45) is 0 Å². The van der Waals surface area contributed by atoms with Crippen LogP contribution in [0.15, 0.2) is 60.7 Å². The van der Waals surface area contributed by atoms with Crippen molar-refractivity contribution in [3.05, 3.63) is 93.0 Å². The van der Waals surface area contributed by atoms with E-state index in [2.05, 4.69) is 13.0 Å². The molecule has 1 amide bonds. The molecule has 0 aliphatic heterocycles. The molecular weight excluding hydrogens is 423 g/mol. The molecule has 0 N–H and O–H groups in total. The summed E-state index contributed by atoms with van der Waals surface area (Å²) >= 11 is 14.0. The molecule has 0 radical (unpaired) electrons. The molecular formula is C23H18Cl2N2OS. The molecule has 29 heavy (non-hydrogen) atoms. The third-order valence-corrected chi connectivity index (χ3v) is 6.42. The van der Waals surface area contributed by atoms with Crippen molar-refractivity contribution < 1.29 is 4.79 Å². The highest BCUT2D eigenvalue weighted by molar-refractivity contribution is 7.22. The summed E-state index contributed by atoms with van der Waals surface area (Å²) in [4.78, 5) is 20.0. The number of hydrogen-bond donors (Lipinski definition) is 0. The number of rotatable bonds is 4. The van der Waals surface area contributed by atoms with E-state index in [1.54, 1.807) is 23.1 Å². The highest BCUT2D eigenvalue weighted by Gasteiger charge is 2.24. The van der Waals surface area contributed by atoms with Crippen molar-refractivity contribution in [1.82, 2.24) is 4.98 Å². The first kappa shape index (κ1) is 19.9. The first-order valence-corrected chi connectivity index (χ1v) is 10.7. The molecule has 0 saturated heterocycles. The fraction of sp³-hybridized carbons (Fsp3) is 0.130. The first-order valence-electron chi connectivity index (χ1n) is 9.11. The van der Waals surface area contributed by atoms with Gasteiger partial charge in [-0.3, -0.25) is 9.69 Å². The minimum absolute atomic E-state index is 0.227. The number of hydrogen-bond acceptors (Lipinski definition) is 3. The number of aromatic nitrogens is 1. The lowest BCUT2D eigenvalue weighted by molar-refractivity contribution is 0.0985. The number of carbonyl (C=O) groups excluding carboxylic acids is 1. The van der Waals surface area contributed by atoms with Gasteiger partial charge in [-0.25, -0.2) is 4.98 Å². The Hall–Kier alpha value is -2.40. The van der Waals surface area contributed by atoms with Crippen LogP contribution < -0.4 is 4.90 Å². The van der Waals surface area contributed by atoms with Crippen LogP contribution in [0.4, 0.5) is 5.13 Å². The molecule has 0 unspecified atom stereocenters. The highest BCUT2D eigenvalue weighted by Crippen LogP contribution is 2.34. The lowest BCUT2D eigenvalue weighted by Crippen LogP contribution is -2.30. The quantitative estimate of drug-likeness (QED) is 0.339. The number of aryl methyl sites for hydroxylation is 2. The van der Waals surface area contributed by atoms with Gasteiger partial charge in [0.2, 0.25) is 0 Å². The van der Waals surface area contributed by atoms with Crippen LogP contribution in [0.5, 0.6) is 0 Å². The van der Waals surface area contributed by atoms with E-state index in [0.29, 0.717) is 27.3 Å². The van der Waals surface area contributed by atoms with Crippen molar-refractivity contribution in [3.63, 3.8) is 0 Å². The summed E-state index contributed by atoms with van der Waals surface area (Å²) < 4.78 is 1.08. The third-order valence-electron chi connectivity index (χ3n) is 4.63. The Kier molecular flexibility index (Phi) is 5.59. The normalized spacial score (nSPS) is 11.0. The van der Waals surface area contributed by atoms with E-state index in [9.17, 15) is 4.79 Å². The third kappa shape index (κ3) is 4.15. The Labute approximate surface area is 183 Å². The molecule has 0 fully saturated rings. The minimum atomic E-state index is -0.227. The van der Waals surface area contributed by atoms with Crippen molar-refractivity contribution >= 4 is 55.8 Å². The van der Waals surface area contributed by atoms with E-state index in [-0.39, 0.29) is 5.91 Å². The maximum atomic E-state index is 13.5. The molecule has 1 aromatic heterocycles. The maximum absolute atomic E-state index is 13.5. The molecule has 4 aromatic rings. The molecule has 3 aromatic carbocycles. The average molecular weight is 441 g/mol. The maximum Gasteiger partial charge on any atom is 0.261 e. The van der Waals surface area contributed by atoms with E-state index < -0.39 is 0 Å². The standard InChI is InChI=1S/C23H18Cl2N2OS/c1-14-10-15(2)21-20(11-14)26-23(29-21)27(13-16-6-4-3-5-7-16)22(28)18-12-17(24)8-9-19(18)25/h3-12H,13H2,1-2H3. The van der Waals surface area contributed by atoms with Gasteiger partial charge in [0, 0.05) is 5.02 Å². The second-order valence-electron chi connectivity index (χ2n) is 6.93. The Bertz CT molecular complexity index is 1200. The molecule has 6 heteroatoms. The number of amides is 1. The lowest BCUT2D eigenvalue weighted by Gasteiger charge is -2.21. The zero-order valence-corrected chi connectivity index (χ0v) is 18.3. The van der Waals surface area contributed by atoms with Crippen LogP contribution in [-0.2, 0) is 6.54 Å². The number of halogens is 2. The van der Waals surface area contributed by atoms with Gasteiger partial charge in [0.05, 0.1) is 27.3 Å². The fourth-order valence-electron chi connectivity index (χ4n) is 3.28. The molecule has 3 nitrogen and oxygen atoms in total. The zero-order valence-electron chi connectivity index (χ0n) is 15.9. The summed E-state index contributed by atoms with van der Waals surface area (Å²) in [6, 6.07) is 18.9. The summed E-state index contributed by atoms with van der Waals surface area (Å²) in [6.07, 6.45) is 0. The second-order valence-corrected chi connectivity index (χ2v) is 8.75. The topological polar surface area (TPSA) is 33.2 Å². The van der Waals surface area contributed by atoms with Crippen LogP contribution >= 0.6 is 34.5 Å². The van der Waals surface area contributed by atoms with Gasteiger partial charge in [0.15, 0.2) is 5.13 Å². The summed E-state index contributed by atoms with van der Waals surface area (Å²) in [5, 5.41) is 1.47. The van der Waals surface area contributed by atoms with E-state index >= 15 is 0 Å². The van der Waals surface area contributed by atoms with Crippen molar-refractivity contribution in [1.29, 1.82) is 0 Å². The van der Waals surface area contributed by atoms with Gasteiger partial charge < -0.3 is 0 Å². The first-order chi connectivity index (χ1) is 13.9. The van der Waals surface area contributed by atoms with Crippen LogP contribution in [0.25, 0.3) is 10.2 Å². The fourth-order valence-corrected chi connectivity index (χ4v) is 4.66. The molecule has 4 rings (SSSR count). The van der Waals surface area contributed by atoms with E-state index in [4.69, 9.17) is 28.2 Å². The summed E-state index contributed by atoms with van der Waals surface area (Å²) in [7, 11) is 0. The molecule has 0 aliphatic carbocycles. The number of thiazole rings is 1. The highest BCUT2D eigenvalue weighted by atomic mass is 35.5. The van der Waals surface area contributed by atoms with Gasteiger partial charge in [-0.15, -0.1) is 0 Å². The zero-order chi connectivity index (χ0) is 20.5. The largest absolute Gasteiger partial charge is 0.279 e. The van der Waals surface area contributed by atoms with Gasteiger partial charge in [-0.05, 0) is 54.8 Å². The van der Waals surface area contributed by atoms with Crippen molar-refractivity contribution in [3.8, 4) is 0 Å². The number of anilines is 1. The van der Waals surface area contributed by atoms with Gasteiger partial charge >= 0.3 is 0 Å². The lowest BCUT2D eigenvalue weighted by atomic mass is 10.1. The van der Waals surface area contributed by atoms with E-state index in [1.807, 2.05) is 43.3 Å². The molecule has 0 aliphatic rings. The molecule has 0 spiro atoms. The summed E-state index contributed by atoms with van der Waals surface area (Å²) in [5.41, 5.74) is 4.56. The number of nitrogens with zero attached hydrogens (tertiary/aromatic N) is 2. The van der Waals surface area contributed by atoms with Crippen LogP contribution in [0, 0.1) is 13.8 Å². The molecule has 0 saturated carbocycles. The van der Waals surface area contributed by atoms with Gasteiger partial charge in [-0.1, -0.05) is 70.9 Å². The molecule has 1 heterocycles. The monoisotopic (exact) mass is 440 g/mol. The van der Waals surface area contributed by atoms with E-state index in [1.165, 1.54) is 11.3 Å². The summed E-state index contributed by atoms with van der Waals surface area (Å²) in [5.74, 6) is -0.227. The number of carbonyl (C=O) groups is 1. The predicted molar refractivity (Wildman–Crippen MR) is 123 cm³/mol. The number of fused-ring (bicyclic) bond motifs is 1. The van der Waals surface area contributed by atoms with Gasteiger partial charge in [0.1, 0.15) is 0 Å². The average Bonchev–Trinajstić information content (AvgIpc) is 3.12.